The van der Waals surface area contributed by atoms with E-state index in [1.54, 1.807) is 13.2 Å². The lowest BCUT2D eigenvalue weighted by molar-refractivity contribution is 0.0252. The largest absolute Gasteiger partial charge is 0.496 e. The molecular weight excluding hydrogens is 362 g/mol. The first-order chi connectivity index (χ1) is 13.0. The number of ether oxygens (including phenoxy) is 1. The molecule has 2 aromatic rings. The molecule has 27 heavy (non-hydrogen) atoms. The predicted octanol–water partition coefficient (Wildman–Crippen LogP) is 4.64. The van der Waals surface area contributed by atoms with E-state index in [1.165, 1.54) is 0 Å². The van der Waals surface area contributed by atoms with Crippen LogP contribution < -0.4 is 4.74 Å². The van der Waals surface area contributed by atoms with E-state index in [0.29, 0.717) is 17.1 Å². The highest BCUT2D eigenvalue weighted by Crippen LogP contribution is 2.35. The van der Waals surface area contributed by atoms with Crippen LogP contribution in [0, 0.1) is 5.41 Å². The summed E-state index contributed by atoms with van der Waals surface area (Å²) >= 11 is 6.12. The van der Waals surface area contributed by atoms with Gasteiger partial charge < -0.3 is 14.7 Å². The Kier molecular flexibility index (Phi) is 6.08. The fourth-order valence-corrected chi connectivity index (χ4v) is 3.96. The fourth-order valence-electron chi connectivity index (χ4n) is 3.79. The van der Waals surface area contributed by atoms with Crippen molar-refractivity contribution in [1.29, 1.82) is 0 Å². The number of methoxy groups -OCH3 is 1. The number of carbonyl (C=O) groups is 1. The van der Waals surface area contributed by atoms with Crippen LogP contribution in [0.25, 0.3) is 11.1 Å². The van der Waals surface area contributed by atoms with Crippen molar-refractivity contribution >= 4 is 17.5 Å². The van der Waals surface area contributed by atoms with Gasteiger partial charge in [-0.1, -0.05) is 30.7 Å². The Hall–Kier alpha value is -2.04. The lowest BCUT2D eigenvalue weighted by Gasteiger charge is -2.41. The van der Waals surface area contributed by atoms with Crippen molar-refractivity contribution < 1.29 is 14.6 Å². The van der Waals surface area contributed by atoms with Crippen LogP contribution in [0.15, 0.2) is 42.5 Å². The minimum atomic E-state index is -0.165. The number of aliphatic hydroxyl groups excluding tert-OH is 1. The van der Waals surface area contributed by atoms with Gasteiger partial charge in [-0.2, -0.15) is 0 Å². The molecule has 0 spiro atoms. The number of nitrogens with zero attached hydrogens (tertiary/aromatic N) is 1. The van der Waals surface area contributed by atoms with E-state index >= 15 is 0 Å². The van der Waals surface area contributed by atoms with Crippen LogP contribution in [-0.2, 0) is 0 Å². The molecule has 0 aromatic heterocycles. The number of benzene rings is 2. The SMILES string of the molecule is CC[C@]1(CO)CCCN(C(=O)c2ccc(-c3cc(Cl)ccc3OC)cc2)C1. The number of carbonyl (C=O) groups excluding carboxylic acids is 1. The summed E-state index contributed by atoms with van der Waals surface area (Å²) in [7, 11) is 1.63. The van der Waals surface area contributed by atoms with Crippen molar-refractivity contribution in [1.82, 2.24) is 4.90 Å². The second-order valence-corrected chi connectivity index (χ2v) is 7.70. The summed E-state index contributed by atoms with van der Waals surface area (Å²) in [5, 5.41) is 10.4. The van der Waals surface area contributed by atoms with Gasteiger partial charge in [-0.3, -0.25) is 4.79 Å². The van der Waals surface area contributed by atoms with Crippen LogP contribution >= 0.6 is 11.6 Å². The van der Waals surface area contributed by atoms with E-state index < -0.39 is 0 Å². The van der Waals surface area contributed by atoms with Crippen molar-refractivity contribution in [2.75, 3.05) is 26.8 Å². The van der Waals surface area contributed by atoms with Crippen molar-refractivity contribution in [2.45, 2.75) is 26.2 Å². The van der Waals surface area contributed by atoms with Gasteiger partial charge in [0.25, 0.3) is 5.91 Å². The predicted molar refractivity (Wildman–Crippen MR) is 108 cm³/mol. The van der Waals surface area contributed by atoms with Crippen molar-refractivity contribution in [2.24, 2.45) is 5.41 Å². The fraction of sp³-hybridized carbons (Fsp3) is 0.409. The van der Waals surface area contributed by atoms with Crippen molar-refractivity contribution in [3.05, 3.63) is 53.1 Å². The van der Waals surface area contributed by atoms with Crippen molar-refractivity contribution in [3.63, 3.8) is 0 Å². The second kappa shape index (κ2) is 8.32. The van der Waals surface area contributed by atoms with Crippen LogP contribution in [0.5, 0.6) is 5.75 Å². The highest BCUT2D eigenvalue weighted by Gasteiger charge is 2.35. The maximum absolute atomic E-state index is 12.9. The number of amides is 1. The Morgan fingerprint density at radius 2 is 2.00 bits per heavy atom. The maximum atomic E-state index is 12.9. The van der Waals surface area contributed by atoms with Crippen LogP contribution in [0.4, 0.5) is 0 Å². The molecule has 1 heterocycles. The van der Waals surface area contributed by atoms with Gasteiger partial charge in [0.2, 0.25) is 0 Å². The van der Waals surface area contributed by atoms with E-state index in [-0.39, 0.29) is 17.9 Å². The number of aliphatic hydroxyl groups is 1. The molecule has 0 unspecified atom stereocenters. The number of hydrogen-bond acceptors (Lipinski definition) is 3. The van der Waals surface area contributed by atoms with Gasteiger partial charge in [0, 0.05) is 34.7 Å². The summed E-state index contributed by atoms with van der Waals surface area (Å²) in [6, 6.07) is 13.0. The molecule has 1 fully saturated rings. The molecule has 0 saturated carbocycles. The van der Waals surface area contributed by atoms with Crippen LogP contribution in [-0.4, -0.2) is 42.7 Å². The first kappa shape index (κ1) is 19.7. The molecule has 1 N–H and O–H groups in total. The third-order valence-electron chi connectivity index (χ3n) is 5.64. The smallest absolute Gasteiger partial charge is 0.253 e. The standard InChI is InChI=1S/C22H26ClNO3/c1-3-22(15-25)11-4-12-24(14-22)21(26)17-7-5-16(6-8-17)19-13-18(23)9-10-20(19)27-2/h5-10,13,25H,3-4,11-12,14-15H2,1-2H3/t22-/m0/s1. The summed E-state index contributed by atoms with van der Waals surface area (Å²) < 4.78 is 5.42. The minimum absolute atomic E-state index is 0.0191. The highest BCUT2D eigenvalue weighted by atomic mass is 35.5. The number of piperidine rings is 1. The molecule has 1 saturated heterocycles. The quantitative estimate of drug-likeness (QED) is 0.813. The number of rotatable bonds is 5. The van der Waals surface area contributed by atoms with E-state index in [1.807, 2.05) is 41.3 Å². The van der Waals surface area contributed by atoms with E-state index in [0.717, 1.165) is 42.7 Å². The molecule has 2 aromatic carbocycles. The Bertz CT molecular complexity index is 800. The van der Waals surface area contributed by atoms with E-state index in [9.17, 15) is 9.90 Å². The maximum Gasteiger partial charge on any atom is 0.253 e. The number of likely N-dealkylation sites (tertiary alicyclic amines) is 1. The average molecular weight is 388 g/mol. The van der Waals surface area contributed by atoms with E-state index in [4.69, 9.17) is 16.3 Å². The molecule has 1 atom stereocenters. The minimum Gasteiger partial charge on any atom is -0.496 e. The zero-order valence-corrected chi connectivity index (χ0v) is 16.6. The Morgan fingerprint density at radius 1 is 1.26 bits per heavy atom. The lowest BCUT2D eigenvalue weighted by Crippen LogP contribution is -2.47. The monoisotopic (exact) mass is 387 g/mol. The summed E-state index contributed by atoms with van der Waals surface area (Å²) in [5.74, 6) is 0.760. The normalized spacial score (nSPS) is 19.8. The molecule has 5 heteroatoms. The Balaban J connectivity index is 1.81. The molecule has 144 valence electrons. The molecule has 4 nitrogen and oxygen atoms in total. The molecule has 0 bridgehead atoms. The Labute approximate surface area is 165 Å². The first-order valence-corrected chi connectivity index (χ1v) is 9.74. The molecule has 0 radical (unpaired) electrons. The average Bonchev–Trinajstić information content (AvgIpc) is 2.73. The third-order valence-corrected chi connectivity index (χ3v) is 5.87. The van der Waals surface area contributed by atoms with Gasteiger partial charge in [-0.25, -0.2) is 0 Å². The van der Waals surface area contributed by atoms with Gasteiger partial charge in [0.05, 0.1) is 13.7 Å². The van der Waals surface area contributed by atoms with Gasteiger partial charge in [-0.05, 0) is 55.2 Å². The zero-order chi connectivity index (χ0) is 19.4. The van der Waals surface area contributed by atoms with E-state index in [2.05, 4.69) is 6.92 Å². The van der Waals surface area contributed by atoms with Gasteiger partial charge >= 0.3 is 0 Å². The van der Waals surface area contributed by atoms with Crippen LogP contribution in [0.3, 0.4) is 0 Å². The first-order valence-electron chi connectivity index (χ1n) is 9.36. The lowest BCUT2D eigenvalue weighted by atomic mass is 9.78. The highest BCUT2D eigenvalue weighted by molar-refractivity contribution is 6.31. The molecule has 1 aliphatic rings. The van der Waals surface area contributed by atoms with Crippen molar-refractivity contribution in [3.8, 4) is 16.9 Å². The Morgan fingerprint density at radius 3 is 2.63 bits per heavy atom. The second-order valence-electron chi connectivity index (χ2n) is 7.26. The van der Waals surface area contributed by atoms with Crippen LogP contribution in [0.1, 0.15) is 36.5 Å². The summed E-state index contributed by atoms with van der Waals surface area (Å²) in [5.41, 5.74) is 2.33. The zero-order valence-electron chi connectivity index (χ0n) is 15.9. The summed E-state index contributed by atoms with van der Waals surface area (Å²) in [6.45, 7) is 3.56. The topological polar surface area (TPSA) is 49.8 Å². The van der Waals surface area contributed by atoms with Gasteiger partial charge in [0.1, 0.15) is 5.75 Å². The number of halogens is 1. The van der Waals surface area contributed by atoms with Gasteiger partial charge in [0.15, 0.2) is 0 Å². The van der Waals surface area contributed by atoms with Gasteiger partial charge in [-0.15, -0.1) is 0 Å². The molecule has 1 amide bonds. The molecule has 1 aliphatic heterocycles. The number of hydrogen-bond donors (Lipinski definition) is 1. The summed E-state index contributed by atoms with van der Waals surface area (Å²) in [4.78, 5) is 14.8. The third kappa shape index (κ3) is 4.12. The molecule has 3 rings (SSSR count). The molecule has 0 aliphatic carbocycles. The van der Waals surface area contributed by atoms with Crippen LogP contribution in [0.2, 0.25) is 5.02 Å². The molecular formula is C22H26ClNO3. The summed E-state index contributed by atoms with van der Waals surface area (Å²) in [6.07, 6.45) is 2.77.